The van der Waals surface area contributed by atoms with E-state index in [1.807, 2.05) is 31.2 Å². The molecular formula is C20H26N4O2. The molecule has 0 atom stereocenters. The molecular weight excluding hydrogens is 328 g/mol. The zero-order chi connectivity index (χ0) is 18.4. The second-order valence-corrected chi connectivity index (χ2v) is 6.38. The van der Waals surface area contributed by atoms with Gasteiger partial charge in [0.1, 0.15) is 12.1 Å². The van der Waals surface area contributed by atoms with Gasteiger partial charge in [-0.1, -0.05) is 44.7 Å². The van der Waals surface area contributed by atoms with Crippen molar-refractivity contribution in [2.24, 2.45) is 0 Å². The first kappa shape index (κ1) is 18.2. The first-order valence-electron chi connectivity index (χ1n) is 9.43. The molecule has 0 unspecified atom stereocenters. The van der Waals surface area contributed by atoms with Gasteiger partial charge in [-0.2, -0.15) is 0 Å². The molecule has 2 aromatic heterocycles. The quantitative estimate of drug-likeness (QED) is 0.590. The number of fused-ring (bicyclic) bond motifs is 1. The summed E-state index contributed by atoms with van der Waals surface area (Å²) in [5.41, 5.74) is 1.96. The second kappa shape index (κ2) is 8.65. The monoisotopic (exact) mass is 354 g/mol. The van der Waals surface area contributed by atoms with E-state index in [0.717, 1.165) is 30.5 Å². The highest BCUT2D eigenvalue weighted by Gasteiger charge is 2.14. The number of hydrogen-bond acceptors (Lipinski definition) is 4. The third-order valence-electron chi connectivity index (χ3n) is 4.44. The van der Waals surface area contributed by atoms with Gasteiger partial charge in [0.05, 0.1) is 17.9 Å². The average molecular weight is 354 g/mol. The maximum absolute atomic E-state index is 12.7. The smallest absolute Gasteiger partial charge is 0.277 e. The zero-order valence-corrected chi connectivity index (χ0v) is 15.5. The molecule has 0 aliphatic carbocycles. The summed E-state index contributed by atoms with van der Waals surface area (Å²) in [5, 5.41) is 4.55. The van der Waals surface area contributed by atoms with Gasteiger partial charge in [-0.25, -0.2) is 9.50 Å². The summed E-state index contributed by atoms with van der Waals surface area (Å²) in [5.74, 6) is 1.19. The molecule has 1 N–H and O–H groups in total. The van der Waals surface area contributed by atoms with Crippen LogP contribution in [0.25, 0.3) is 16.9 Å². The number of ether oxygens (including phenoxy) is 1. The van der Waals surface area contributed by atoms with Crippen molar-refractivity contribution < 1.29 is 4.74 Å². The Morgan fingerprint density at radius 2 is 1.92 bits per heavy atom. The van der Waals surface area contributed by atoms with Crippen molar-refractivity contribution in [3.8, 4) is 17.1 Å². The molecule has 3 rings (SSSR count). The standard InChI is InChI=1S/C20H26N4O2/c1-3-5-6-7-8-12-16-18-20(25)22-19(23-24(18)14-21-16)15-11-9-10-13-17(15)26-4-2/h9-11,13-14H,3-8,12H2,1-2H3,(H,22,23,25). The molecule has 2 heterocycles. The fourth-order valence-electron chi connectivity index (χ4n) is 3.13. The minimum Gasteiger partial charge on any atom is -0.493 e. The Bertz CT molecular complexity index is 914. The van der Waals surface area contributed by atoms with Crippen molar-refractivity contribution >= 4 is 5.52 Å². The van der Waals surface area contributed by atoms with E-state index in [4.69, 9.17) is 4.74 Å². The van der Waals surface area contributed by atoms with Crippen molar-refractivity contribution in [2.75, 3.05) is 6.61 Å². The third kappa shape index (κ3) is 3.95. The Hall–Kier alpha value is -2.63. The van der Waals surface area contributed by atoms with Crippen LogP contribution in [0.3, 0.4) is 0 Å². The zero-order valence-electron chi connectivity index (χ0n) is 15.5. The van der Waals surface area contributed by atoms with Crippen LogP contribution in [0.15, 0.2) is 35.4 Å². The van der Waals surface area contributed by atoms with E-state index in [9.17, 15) is 4.79 Å². The number of aromatic amines is 1. The van der Waals surface area contributed by atoms with Crippen molar-refractivity contribution in [2.45, 2.75) is 52.4 Å². The van der Waals surface area contributed by atoms with Crippen LogP contribution in [0.1, 0.15) is 51.6 Å². The maximum atomic E-state index is 12.7. The number of nitrogens with zero attached hydrogens (tertiary/aromatic N) is 3. The lowest BCUT2D eigenvalue weighted by atomic mass is 10.1. The second-order valence-electron chi connectivity index (χ2n) is 6.38. The molecule has 1 aromatic carbocycles. The molecule has 6 nitrogen and oxygen atoms in total. The van der Waals surface area contributed by atoms with Crippen molar-refractivity contribution in [3.05, 3.63) is 46.6 Å². The lowest BCUT2D eigenvalue weighted by Crippen LogP contribution is -2.15. The number of imidazole rings is 1. The number of aromatic nitrogens is 4. The number of hydrogen-bond donors (Lipinski definition) is 1. The van der Waals surface area contributed by atoms with Gasteiger partial charge in [0.2, 0.25) is 0 Å². The molecule has 6 heteroatoms. The largest absolute Gasteiger partial charge is 0.493 e. The Labute approximate surface area is 153 Å². The van der Waals surface area contributed by atoms with Crippen molar-refractivity contribution in [1.29, 1.82) is 0 Å². The van der Waals surface area contributed by atoms with Gasteiger partial charge >= 0.3 is 0 Å². The van der Waals surface area contributed by atoms with Crippen LogP contribution in [0.4, 0.5) is 0 Å². The molecule has 3 aromatic rings. The number of H-pyrrole nitrogens is 1. The topological polar surface area (TPSA) is 72.3 Å². The summed E-state index contributed by atoms with van der Waals surface area (Å²) in [6.45, 7) is 4.69. The summed E-state index contributed by atoms with van der Waals surface area (Å²) in [4.78, 5) is 20.0. The summed E-state index contributed by atoms with van der Waals surface area (Å²) in [6, 6.07) is 7.57. The van der Waals surface area contributed by atoms with Crippen LogP contribution in [-0.4, -0.2) is 26.2 Å². The predicted octanol–water partition coefficient (Wildman–Crippen LogP) is 4.00. The first-order valence-corrected chi connectivity index (χ1v) is 9.43. The maximum Gasteiger partial charge on any atom is 0.277 e. The van der Waals surface area contributed by atoms with E-state index in [1.165, 1.54) is 19.3 Å². The number of rotatable bonds is 9. The molecule has 0 aliphatic rings. The van der Waals surface area contributed by atoms with Crippen molar-refractivity contribution in [1.82, 2.24) is 19.6 Å². The molecule has 0 spiro atoms. The Kier molecular flexibility index (Phi) is 6.04. The van der Waals surface area contributed by atoms with Gasteiger partial charge in [0, 0.05) is 0 Å². The van der Waals surface area contributed by atoms with Gasteiger partial charge in [0.15, 0.2) is 11.3 Å². The van der Waals surface area contributed by atoms with Gasteiger partial charge in [-0.3, -0.25) is 4.79 Å². The van der Waals surface area contributed by atoms with E-state index in [-0.39, 0.29) is 5.56 Å². The molecule has 0 bridgehead atoms. The molecule has 26 heavy (non-hydrogen) atoms. The number of nitrogens with one attached hydrogen (secondary N) is 1. The van der Waals surface area contributed by atoms with Crippen LogP contribution in [0.5, 0.6) is 5.75 Å². The van der Waals surface area contributed by atoms with Gasteiger partial charge < -0.3 is 9.72 Å². The van der Waals surface area contributed by atoms with Gasteiger partial charge in [0.25, 0.3) is 5.56 Å². The summed E-state index contributed by atoms with van der Waals surface area (Å²) >= 11 is 0. The first-order chi connectivity index (χ1) is 12.7. The lowest BCUT2D eigenvalue weighted by molar-refractivity contribution is 0.341. The van der Waals surface area contributed by atoms with Crippen LogP contribution >= 0.6 is 0 Å². The molecule has 0 fully saturated rings. The van der Waals surface area contributed by atoms with Crippen LogP contribution in [0.2, 0.25) is 0 Å². The number of para-hydroxylation sites is 1. The molecule has 0 radical (unpaired) electrons. The molecule has 0 aliphatic heterocycles. The van der Waals surface area contributed by atoms with Gasteiger partial charge in [-0.15, -0.1) is 5.10 Å². The van der Waals surface area contributed by atoms with E-state index < -0.39 is 0 Å². The molecule has 0 amide bonds. The average Bonchev–Trinajstić information content (AvgIpc) is 3.06. The SMILES string of the molecule is CCCCCCCc1ncn2nc(-c3ccccc3OCC)[nH]c(=O)c12. The highest BCUT2D eigenvalue weighted by Crippen LogP contribution is 2.26. The Morgan fingerprint density at radius 1 is 1.12 bits per heavy atom. The minimum absolute atomic E-state index is 0.164. The van der Waals surface area contributed by atoms with Crippen LogP contribution < -0.4 is 10.3 Å². The van der Waals surface area contributed by atoms with E-state index in [0.29, 0.717) is 23.7 Å². The Balaban J connectivity index is 1.87. The molecule has 0 saturated heterocycles. The number of aryl methyl sites for hydroxylation is 1. The van der Waals surface area contributed by atoms with E-state index >= 15 is 0 Å². The number of benzene rings is 1. The minimum atomic E-state index is -0.164. The fourth-order valence-corrected chi connectivity index (χ4v) is 3.13. The summed E-state index contributed by atoms with van der Waals surface area (Å²) in [6.07, 6.45) is 8.35. The summed E-state index contributed by atoms with van der Waals surface area (Å²) in [7, 11) is 0. The molecule has 138 valence electrons. The van der Waals surface area contributed by atoms with Crippen molar-refractivity contribution in [3.63, 3.8) is 0 Å². The lowest BCUT2D eigenvalue weighted by Gasteiger charge is -2.09. The van der Waals surface area contributed by atoms with E-state index in [2.05, 4.69) is 22.0 Å². The van der Waals surface area contributed by atoms with E-state index in [1.54, 1.807) is 10.8 Å². The number of unbranched alkanes of at least 4 members (excludes halogenated alkanes) is 4. The van der Waals surface area contributed by atoms with Crippen LogP contribution in [0, 0.1) is 0 Å². The Morgan fingerprint density at radius 3 is 2.73 bits per heavy atom. The summed E-state index contributed by atoms with van der Waals surface area (Å²) < 4.78 is 7.23. The predicted molar refractivity (Wildman–Crippen MR) is 103 cm³/mol. The highest BCUT2D eigenvalue weighted by atomic mass is 16.5. The van der Waals surface area contributed by atoms with Gasteiger partial charge in [-0.05, 0) is 31.9 Å². The third-order valence-corrected chi connectivity index (χ3v) is 4.44. The van der Waals surface area contributed by atoms with Crippen LogP contribution in [-0.2, 0) is 6.42 Å². The fraction of sp³-hybridized carbons (Fsp3) is 0.450. The normalized spacial score (nSPS) is 11.2. The molecule has 0 saturated carbocycles. The highest BCUT2D eigenvalue weighted by molar-refractivity contribution is 5.64.